The lowest BCUT2D eigenvalue weighted by Crippen LogP contribution is -1.94. The molecule has 0 N–H and O–H groups in total. The number of hydrogen-bond donors (Lipinski definition) is 0. The Morgan fingerprint density at radius 1 is 1.33 bits per heavy atom. The molecule has 2 rings (SSSR count). The van der Waals surface area contributed by atoms with Gasteiger partial charge in [0.05, 0.1) is 0 Å². The van der Waals surface area contributed by atoms with Gasteiger partial charge in [0, 0.05) is 18.5 Å². The number of aromatic nitrogens is 4. The number of imidazole rings is 1. The van der Waals surface area contributed by atoms with Crippen LogP contribution in [0.2, 0.25) is 5.15 Å². The Morgan fingerprint density at radius 3 is 2.92 bits per heavy atom. The molecule has 2 aromatic rings. The highest BCUT2D eigenvalue weighted by molar-refractivity contribution is 6.29. The minimum atomic E-state index is 0.425. The van der Waals surface area contributed by atoms with Crippen molar-refractivity contribution in [1.82, 2.24) is 19.5 Å². The molecule has 5 heteroatoms. The SMILES string of the molecule is Clc1cc(-n2ccnc2)ncn1. The fourth-order valence-electron chi connectivity index (χ4n) is 0.860. The summed E-state index contributed by atoms with van der Waals surface area (Å²) in [4.78, 5) is 11.7. The molecule has 0 aromatic carbocycles. The van der Waals surface area contributed by atoms with Crippen molar-refractivity contribution < 1.29 is 0 Å². The van der Waals surface area contributed by atoms with Crippen molar-refractivity contribution in [3.05, 3.63) is 36.3 Å². The van der Waals surface area contributed by atoms with Crippen LogP contribution in [0.25, 0.3) is 5.82 Å². The molecule has 0 aliphatic carbocycles. The minimum absolute atomic E-state index is 0.425. The highest BCUT2D eigenvalue weighted by Gasteiger charge is 1.96. The molecule has 0 amide bonds. The van der Waals surface area contributed by atoms with Gasteiger partial charge in [-0.05, 0) is 0 Å². The Morgan fingerprint density at radius 2 is 2.25 bits per heavy atom. The minimum Gasteiger partial charge on any atom is -0.290 e. The predicted octanol–water partition coefficient (Wildman–Crippen LogP) is 1.32. The zero-order chi connectivity index (χ0) is 8.39. The van der Waals surface area contributed by atoms with Crippen LogP contribution >= 0.6 is 11.6 Å². The van der Waals surface area contributed by atoms with Crippen LogP contribution in [0.4, 0.5) is 0 Å². The van der Waals surface area contributed by atoms with Gasteiger partial charge in [0.25, 0.3) is 0 Å². The van der Waals surface area contributed by atoms with Crippen LogP contribution < -0.4 is 0 Å². The van der Waals surface area contributed by atoms with Crippen LogP contribution in [0.5, 0.6) is 0 Å². The highest BCUT2D eigenvalue weighted by atomic mass is 35.5. The van der Waals surface area contributed by atoms with E-state index in [0.717, 1.165) is 0 Å². The van der Waals surface area contributed by atoms with Crippen LogP contribution in [0, 0.1) is 0 Å². The standard InChI is InChI=1S/C7H5ClN4/c8-6-3-7(11-4-10-6)12-2-1-9-5-12/h1-5H. The predicted molar refractivity (Wildman–Crippen MR) is 44.2 cm³/mol. The van der Waals surface area contributed by atoms with Gasteiger partial charge in [0.15, 0.2) is 0 Å². The van der Waals surface area contributed by atoms with Gasteiger partial charge in [0.1, 0.15) is 23.6 Å². The van der Waals surface area contributed by atoms with E-state index in [0.29, 0.717) is 11.0 Å². The summed E-state index contributed by atoms with van der Waals surface area (Å²) in [7, 11) is 0. The maximum absolute atomic E-state index is 5.68. The molecule has 0 atom stereocenters. The molecule has 0 radical (unpaired) electrons. The van der Waals surface area contributed by atoms with Crippen LogP contribution in [-0.2, 0) is 0 Å². The molecule has 0 aliphatic heterocycles. The molecule has 0 saturated carbocycles. The topological polar surface area (TPSA) is 43.6 Å². The molecule has 0 fully saturated rings. The van der Waals surface area contributed by atoms with Crippen molar-refractivity contribution in [3.8, 4) is 5.82 Å². The van der Waals surface area contributed by atoms with Crippen molar-refractivity contribution in [2.45, 2.75) is 0 Å². The number of rotatable bonds is 1. The second-order valence-electron chi connectivity index (χ2n) is 2.17. The van der Waals surface area contributed by atoms with E-state index in [1.165, 1.54) is 6.33 Å². The first-order valence-corrected chi connectivity index (χ1v) is 3.70. The molecule has 0 spiro atoms. The van der Waals surface area contributed by atoms with E-state index < -0.39 is 0 Å². The molecule has 0 aliphatic rings. The van der Waals surface area contributed by atoms with Crippen molar-refractivity contribution in [1.29, 1.82) is 0 Å². The first-order valence-electron chi connectivity index (χ1n) is 3.32. The van der Waals surface area contributed by atoms with E-state index in [1.807, 2.05) is 0 Å². The van der Waals surface area contributed by atoms with Crippen LogP contribution in [0.15, 0.2) is 31.1 Å². The van der Waals surface area contributed by atoms with Gasteiger partial charge in [-0.15, -0.1) is 0 Å². The fourth-order valence-corrected chi connectivity index (χ4v) is 1.00. The van der Waals surface area contributed by atoms with E-state index in [9.17, 15) is 0 Å². The van der Waals surface area contributed by atoms with Gasteiger partial charge in [-0.2, -0.15) is 0 Å². The zero-order valence-electron chi connectivity index (χ0n) is 6.05. The van der Waals surface area contributed by atoms with Gasteiger partial charge in [-0.3, -0.25) is 4.57 Å². The number of halogens is 1. The smallest absolute Gasteiger partial charge is 0.142 e. The van der Waals surface area contributed by atoms with E-state index in [-0.39, 0.29) is 0 Å². The average molecular weight is 181 g/mol. The summed E-state index contributed by atoms with van der Waals surface area (Å²) in [5.41, 5.74) is 0. The third kappa shape index (κ3) is 1.29. The monoisotopic (exact) mass is 180 g/mol. The highest BCUT2D eigenvalue weighted by Crippen LogP contribution is 2.07. The summed E-state index contributed by atoms with van der Waals surface area (Å²) in [6, 6.07) is 1.67. The van der Waals surface area contributed by atoms with Crippen LogP contribution in [0.1, 0.15) is 0 Å². The quantitative estimate of drug-likeness (QED) is 0.622. The van der Waals surface area contributed by atoms with Crippen molar-refractivity contribution in [2.75, 3.05) is 0 Å². The van der Waals surface area contributed by atoms with E-state index in [4.69, 9.17) is 11.6 Å². The first-order chi connectivity index (χ1) is 5.86. The molecular formula is C7H5ClN4. The molecular weight excluding hydrogens is 176 g/mol. The van der Waals surface area contributed by atoms with Crippen molar-refractivity contribution >= 4 is 11.6 Å². The van der Waals surface area contributed by atoms with Gasteiger partial charge in [0.2, 0.25) is 0 Å². The zero-order valence-corrected chi connectivity index (χ0v) is 6.81. The van der Waals surface area contributed by atoms with Crippen molar-refractivity contribution in [3.63, 3.8) is 0 Å². The Kier molecular flexibility index (Phi) is 1.75. The molecule has 0 saturated heterocycles. The number of nitrogens with zero attached hydrogens (tertiary/aromatic N) is 4. The fraction of sp³-hybridized carbons (Fsp3) is 0. The van der Waals surface area contributed by atoms with Crippen LogP contribution in [-0.4, -0.2) is 19.5 Å². The van der Waals surface area contributed by atoms with Gasteiger partial charge < -0.3 is 0 Å². The van der Waals surface area contributed by atoms with Crippen LogP contribution in [0.3, 0.4) is 0 Å². The normalized spacial score (nSPS) is 10.1. The molecule has 2 aromatic heterocycles. The summed E-state index contributed by atoms with van der Waals surface area (Å²) in [5, 5.41) is 0.425. The lowest BCUT2D eigenvalue weighted by molar-refractivity contribution is 0.971. The Balaban J connectivity index is 2.48. The molecule has 4 nitrogen and oxygen atoms in total. The van der Waals surface area contributed by atoms with E-state index in [2.05, 4.69) is 15.0 Å². The first kappa shape index (κ1) is 7.24. The second kappa shape index (κ2) is 2.91. The molecule has 60 valence electrons. The maximum Gasteiger partial charge on any atom is 0.142 e. The van der Waals surface area contributed by atoms with Gasteiger partial charge >= 0.3 is 0 Å². The molecule has 12 heavy (non-hydrogen) atoms. The second-order valence-corrected chi connectivity index (χ2v) is 2.56. The summed E-state index contributed by atoms with van der Waals surface area (Å²) >= 11 is 5.68. The third-order valence-corrected chi connectivity index (χ3v) is 1.59. The largest absolute Gasteiger partial charge is 0.290 e. The molecule has 0 bridgehead atoms. The Bertz CT molecular complexity index is 371. The maximum atomic E-state index is 5.68. The van der Waals surface area contributed by atoms with Crippen molar-refractivity contribution in [2.24, 2.45) is 0 Å². The van der Waals surface area contributed by atoms with E-state index in [1.54, 1.807) is 29.4 Å². The summed E-state index contributed by atoms with van der Waals surface area (Å²) in [5.74, 6) is 0.715. The third-order valence-electron chi connectivity index (χ3n) is 1.39. The lowest BCUT2D eigenvalue weighted by Gasteiger charge is -1.98. The summed E-state index contributed by atoms with van der Waals surface area (Å²) in [6.45, 7) is 0. The average Bonchev–Trinajstić information content (AvgIpc) is 2.56. The Hall–Kier alpha value is -1.42. The summed E-state index contributed by atoms with van der Waals surface area (Å²) < 4.78 is 1.76. The van der Waals surface area contributed by atoms with Gasteiger partial charge in [-0.25, -0.2) is 15.0 Å². The van der Waals surface area contributed by atoms with E-state index >= 15 is 0 Å². The lowest BCUT2D eigenvalue weighted by atomic mass is 10.6. The number of hydrogen-bond acceptors (Lipinski definition) is 3. The molecule has 2 heterocycles. The van der Waals surface area contributed by atoms with Gasteiger partial charge in [-0.1, -0.05) is 11.6 Å². The molecule has 0 unspecified atom stereocenters. The summed E-state index contributed by atoms with van der Waals surface area (Å²) in [6.07, 6.45) is 6.53. The Labute approximate surface area is 73.9 Å².